The fourth-order valence-corrected chi connectivity index (χ4v) is 6.93. The number of nitrogens with one attached hydrogen (secondary N) is 1. The normalized spacial score (nSPS) is 12.1. The van der Waals surface area contributed by atoms with Gasteiger partial charge in [-0.3, -0.25) is 0 Å². The van der Waals surface area contributed by atoms with Gasteiger partial charge in [0.2, 0.25) is 0 Å². The number of benzene rings is 3. The summed E-state index contributed by atoms with van der Waals surface area (Å²) in [6.07, 6.45) is 2.25. The third kappa shape index (κ3) is 5.95. The van der Waals surface area contributed by atoms with E-state index >= 15 is 4.39 Å². The molecule has 1 atom stereocenters. The number of aromatic nitrogens is 1. The van der Waals surface area contributed by atoms with Crippen LogP contribution in [-0.2, 0) is 16.6 Å². The predicted octanol–water partition coefficient (Wildman–Crippen LogP) is 7.02. The molecule has 38 heavy (non-hydrogen) atoms. The summed E-state index contributed by atoms with van der Waals surface area (Å²) in [5.41, 5.74) is 2.07. The van der Waals surface area contributed by atoms with Crippen LogP contribution in [0.25, 0.3) is 0 Å². The molecule has 0 spiro atoms. The first-order chi connectivity index (χ1) is 18.3. The van der Waals surface area contributed by atoms with Crippen molar-refractivity contribution in [2.45, 2.75) is 30.8 Å². The molecule has 0 amide bonds. The maximum Gasteiger partial charge on any atom is 0.269 e. The third-order valence-electron chi connectivity index (χ3n) is 5.97. The standard InChI is InChI=1S/C27H27BrFN3O4S2/c1-4-23(18-8-6-5-7-9-18)31-24-16-22(29)26(15-21(24)28)38(33,34)32(27-30-12-13-37-27)17-19-10-11-20(35-2)14-25(19)36-3/h5-16,23,31H,4,17H2,1-3H3/t23-/m0/s1. The average Bonchev–Trinajstić information content (AvgIpc) is 3.46. The lowest BCUT2D eigenvalue weighted by molar-refractivity contribution is 0.391. The van der Waals surface area contributed by atoms with E-state index in [9.17, 15) is 8.42 Å². The molecule has 200 valence electrons. The minimum atomic E-state index is -4.36. The van der Waals surface area contributed by atoms with E-state index in [-0.39, 0.29) is 17.7 Å². The van der Waals surface area contributed by atoms with Gasteiger partial charge < -0.3 is 14.8 Å². The maximum absolute atomic E-state index is 15.5. The molecule has 4 aromatic rings. The van der Waals surface area contributed by atoms with Crippen LogP contribution in [0.3, 0.4) is 0 Å². The Labute approximate surface area is 234 Å². The quantitative estimate of drug-likeness (QED) is 0.194. The first kappa shape index (κ1) is 27.9. The second kappa shape index (κ2) is 12.1. The maximum atomic E-state index is 15.5. The van der Waals surface area contributed by atoms with E-state index < -0.39 is 20.7 Å². The van der Waals surface area contributed by atoms with Gasteiger partial charge in [-0.15, -0.1) is 11.3 Å². The zero-order valence-corrected chi connectivity index (χ0v) is 24.2. The van der Waals surface area contributed by atoms with Crippen LogP contribution in [0, 0.1) is 5.82 Å². The number of nitrogens with zero attached hydrogens (tertiary/aromatic N) is 2. The van der Waals surface area contributed by atoms with Gasteiger partial charge in [-0.25, -0.2) is 22.1 Å². The topological polar surface area (TPSA) is 80.8 Å². The van der Waals surface area contributed by atoms with Gasteiger partial charge in [0.25, 0.3) is 10.0 Å². The highest BCUT2D eigenvalue weighted by Gasteiger charge is 2.32. The van der Waals surface area contributed by atoms with Crippen molar-refractivity contribution < 1.29 is 22.3 Å². The molecule has 0 aliphatic carbocycles. The van der Waals surface area contributed by atoms with Crippen molar-refractivity contribution in [2.24, 2.45) is 0 Å². The summed E-state index contributed by atoms with van der Waals surface area (Å²) < 4.78 is 55.5. The first-order valence-electron chi connectivity index (χ1n) is 11.7. The fraction of sp³-hybridized carbons (Fsp3) is 0.222. The number of rotatable bonds is 11. The minimum Gasteiger partial charge on any atom is -0.497 e. The Morgan fingerprint density at radius 1 is 1.11 bits per heavy atom. The van der Waals surface area contributed by atoms with Crippen molar-refractivity contribution in [2.75, 3.05) is 23.8 Å². The van der Waals surface area contributed by atoms with Gasteiger partial charge in [-0.1, -0.05) is 37.3 Å². The summed E-state index contributed by atoms with van der Waals surface area (Å²) >= 11 is 4.59. The number of anilines is 2. The number of sulfonamides is 1. The van der Waals surface area contributed by atoms with Gasteiger partial charge >= 0.3 is 0 Å². The van der Waals surface area contributed by atoms with Crippen LogP contribution in [0.5, 0.6) is 11.5 Å². The largest absolute Gasteiger partial charge is 0.497 e. The van der Waals surface area contributed by atoms with Crippen molar-refractivity contribution in [3.05, 3.63) is 93.7 Å². The lowest BCUT2D eigenvalue weighted by Gasteiger charge is -2.24. The molecule has 7 nitrogen and oxygen atoms in total. The number of hydrogen-bond acceptors (Lipinski definition) is 7. The van der Waals surface area contributed by atoms with Gasteiger partial charge in [0, 0.05) is 27.7 Å². The summed E-state index contributed by atoms with van der Waals surface area (Å²) in [5, 5.41) is 5.19. The molecular weight excluding hydrogens is 593 g/mol. The number of halogens is 2. The lowest BCUT2D eigenvalue weighted by atomic mass is 10.0. The van der Waals surface area contributed by atoms with Crippen molar-refractivity contribution in [3.63, 3.8) is 0 Å². The van der Waals surface area contributed by atoms with E-state index in [0.29, 0.717) is 27.2 Å². The van der Waals surface area contributed by atoms with Gasteiger partial charge in [0.15, 0.2) is 5.13 Å². The smallest absolute Gasteiger partial charge is 0.269 e. The van der Waals surface area contributed by atoms with E-state index in [1.165, 1.54) is 32.5 Å². The Morgan fingerprint density at radius 3 is 2.50 bits per heavy atom. The number of ether oxygens (including phenoxy) is 2. The van der Waals surface area contributed by atoms with E-state index in [1.54, 1.807) is 23.6 Å². The molecule has 11 heteroatoms. The van der Waals surface area contributed by atoms with E-state index in [0.717, 1.165) is 27.6 Å². The first-order valence-corrected chi connectivity index (χ1v) is 14.8. The molecule has 1 aromatic heterocycles. The highest BCUT2D eigenvalue weighted by molar-refractivity contribution is 9.10. The second-order valence-electron chi connectivity index (χ2n) is 8.28. The Balaban J connectivity index is 1.71. The minimum absolute atomic E-state index is 0.0799. The lowest BCUT2D eigenvalue weighted by Crippen LogP contribution is -2.31. The Morgan fingerprint density at radius 2 is 1.87 bits per heavy atom. The van der Waals surface area contributed by atoms with Crippen LogP contribution >= 0.6 is 27.3 Å². The Kier molecular flexibility index (Phi) is 8.91. The highest BCUT2D eigenvalue weighted by Crippen LogP contribution is 2.36. The van der Waals surface area contributed by atoms with Crippen molar-refractivity contribution in [1.29, 1.82) is 0 Å². The number of thiazole rings is 1. The molecule has 4 rings (SSSR count). The predicted molar refractivity (Wildman–Crippen MR) is 152 cm³/mol. The van der Waals surface area contributed by atoms with Crippen molar-refractivity contribution >= 4 is 48.1 Å². The number of hydrogen-bond donors (Lipinski definition) is 1. The van der Waals surface area contributed by atoms with Gasteiger partial charge in [-0.05, 0) is 52.2 Å². The van der Waals surface area contributed by atoms with Gasteiger partial charge in [-0.2, -0.15) is 0 Å². The molecule has 0 aliphatic heterocycles. The fourth-order valence-electron chi connectivity index (χ4n) is 3.98. The zero-order valence-electron chi connectivity index (χ0n) is 21.0. The molecule has 1 N–H and O–H groups in total. The van der Waals surface area contributed by atoms with Gasteiger partial charge in [0.1, 0.15) is 22.2 Å². The highest BCUT2D eigenvalue weighted by atomic mass is 79.9. The monoisotopic (exact) mass is 619 g/mol. The molecular formula is C27H27BrFN3O4S2. The zero-order chi connectivity index (χ0) is 27.3. The molecule has 0 fully saturated rings. The van der Waals surface area contributed by atoms with E-state index in [1.807, 2.05) is 37.3 Å². The van der Waals surface area contributed by atoms with Crippen LogP contribution in [-0.4, -0.2) is 27.6 Å². The Hall–Kier alpha value is -3.15. The summed E-state index contributed by atoms with van der Waals surface area (Å²) in [6, 6.07) is 17.3. The molecule has 0 saturated heterocycles. The average molecular weight is 621 g/mol. The van der Waals surface area contributed by atoms with Gasteiger partial charge in [0.05, 0.1) is 32.5 Å². The molecule has 0 saturated carbocycles. The SMILES string of the molecule is CC[C@H](Nc1cc(F)c(S(=O)(=O)N(Cc2ccc(OC)cc2OC)c2nccs2)cc1Br)c1ccccc1. The summed E-state index contributed by atoms with van der Waals surface area (Å²) in [4.78, 5) is 3.73. The molecule has 0 aliphatic rings. The summed E-state index contributed by atoms with van der Waals surface area (Å²) in [7, 11) is -1.34. The molecule has 0 radical (unpaired) electrons. The van der Waals surface area contributed by atoms with Crippen LogP contribution in [0.1, 0.15) is 30.5 Å². The van der Waals surface area contributed by atoms with Crippen LogP contribution < -0.4 is 19.1 Å². The second-order valence-corrected chi connectivity index (χ2v) is 11.8. The van der Waals surface area contributed by atoms with E-state index in [2.05, 4.69) is 26.2 Å². The van der Waals surface area contributed by atoms with E-state index in [4.69, 9.17) is 9.47 Å². The molecule has 3 aromatic carbocycles. The summed E-state index contributed by atoms with van der Waals surface area (Å²) in [5.74, 6) is 0.129. The van der Waals surface area contributed by atoms with Crippen molar-refractivity contribution in [1.82, 2.24) is 4.98 Å². The molecule has 0 unspecified atom stereocenters. The third-order valence-corrected chi connectivity index (χ3v) is 9.29. The van der Waals surface area contributed by atoms with Crippen LogP contribution in [0.4, 0.5) is 15.2 Å². The van der Waals surface area contributed by atoms with Crippen molar-refractivity contribution in [3.8, 4) is 11.5 Å². The Bertz CT molecular complexity index is 1490. The molecule has 0 bridgehead atoms. The van der Waals surface area contributed by atoms with Crippen LogP contribution in [0.2, 0.25) is 0 Å². The number of methoxy groups -OCH3 is 2. The molecule has 1 heterocycles. The van der Waals surface area contributed by atoms with Crippen LogP contribution in [0.15, 0.2) is 81.6 Å². The summed E-state index contributed by atoms with van der Waals surface area (Å²) in [6.45, 7) is 1.90.